The molecule has 0 unspecified atom stereocenters. The highest BCUT2D eigenvalue weighted by atomic mass is 19.1. The van der Waals surface area contributed by atoms with Gasteiger partial charge in [-0.05, 0) is 78.4 Å². The van der Waals surface area contributed by atoms with Gasteiger partial charge in [0.2, 0.25) is 0 Å². The number of amides is 2. The van der Waals surface area contributed by atoms with Gasteiger partial charge in [0.05, 0.1) is 38.7 Å². The third-order valence-electron chi connectivity index (χ3n) is 7.40. The van der Waals surface area contributed by atoms with Crippen molar-refractivity contribution in [1.82, 2.24) is 20.6 Å². The minimum Gasteiger partial charge on any atom is -0.508 e. The number of phenolic OH excluding ortho intramolecular Hbond substituents is 1. The van der Waals surface area contributed by atoms with Crippen LogP contribution in [0.1, 0.15) is 26.3 Å². The quantitative estimate of drug-likeness (QED) is 0.0439. The van der Waals surface area contributed by atoms with Crippen LogP contribution in [0.4, 0.5) is 33.6 Å². The zero-order valence-corrected chi connectivity index (χ0v) is 28.1. The first-order chi connectivity index (χ1) is 24.8. The van der Waals surface area contributed by atoms with E-state index in [1.54, 1.807) is 84.4 Å². The van der Waals surface area contributed by atoms with Crippen molar-refractivity contribution in [1.29, 1.82) is 0 Å². The van der Waals surface area contributed by atoms with Crippen molar-refractivity contribution >= 4 is 41.0 Å². The smallest absolute Gasteiger partial charge is 0.329 e. The van der Waals surface area contributed by atoms with E-state index in [2.05, 4.69) is 36.6 Å². The van der Waals surface area contributed by atoms with Gasteiger partial charge in [0.15, 0.2) is 0 Å². The monoisotopic (exact) mass is 695 g/mol. The predicted molar refractivity (Wildman–Crippen MR) is 191 cm³/mol. The van der Waals surface area contributed by atoms with E-state index in [0.717, 1.165) is 0 Å². The summed E-state index contributed by atoms with van der Waals surface area (Å²) in [6.45, 7) is 2.55. The minimum atomic E-state index is -0.357. The van der Waals surface area contributed by atoms with Crippen LogP contribution in [-0.2, 0) is 23.1 Å². The first-order valence-electron chi connectivity index (χ1n) is 16.3. The molecule has 0 saturated heterocycles. The number of anilines is 5. The van der Waals surface area contributed by atoms with Crippen molar-refractivity contribution in [2.45, 2.75) is 6.54 Å². The molecule has 0 spiro atoms. The molecule has 51 heavy (non-hydrogen) atoms. The van der Waals surface area contributed by atoms with E-state index >= 15 is 0 Å². The summed E-state index contributed by atoms with van der Waals surface area (Å²) in [5.74, 6) is 0.595. The highest BCUT2D eigenvalue weighted by Gasteiger charge is 2.19. The second-order valence-electron chi connectivity index (χ2n) is 11.2. The van der Waals surface area contributed by atoms with Crippen LogP contribution in [0, 0.1) is 5.82 Å². The lowest BCUT2D eigenvalue weighted by Gasteiger charge is -2.12. The number of rotatable bonds is 18. The number of benzene rings is 4. The second kappa shape index (κ2) is 18.6. The van der Waals surface area contributed by atoms with Gasteiger partial charge in [0, 0.05) is 37.0 Å². The fourth-order valence-electron chi connectivity index (χ4n) is 4.73. The molecule has 0 aliphatic rings. The van der Waals surface area contributed by atoms with Gasteiger partial charge in [-0.1, -0.05) is 40.3 Å². The molecular weight excluding hydrogens is 655 g/mol. The van der Waals surface area contributed by atoms with Crippen molar-refractivity contribution < 1.29 is 33.1 Å². The number of carbonyl (C=O) groups excluding carboxylic acids is 2. The number of hydrogen-bond acceptors (Lipinski definition) is 10. The zero-order valence-electron chi connectivity index (χ0n) is 28.1. The van der Waals surface area contributed by atoms with Crippen molar-refractivity contribution in [3.05, 3.63) is 126 Å². The molecule has 5 rings (SSSR count). The van der Waals surface area contributed by atoms with Crippen LogP contribution < -0.4 is 31.2 Å². The van der Waals surface area contributed by atoms with Gasteiger partial charge in [-0.25, -0.2) is 8.96 Å². The molecule has 6 N–H and O–H groups in total. The fourth-order valence-corrected chi connectivity index (χ4v) is 4.73. The van der Waals surface area contributed by atoms with Crippen LogP contribution in [0.25, 0.3) is 0 Å². The highest BCUT2D eigenvalue weighted by Crippen LogP contribution is 2.20. The first kappa shape index (κ1) is 36.2. The van der Waals surface area contributed by atoms with E-state index in [4.69, 9.17) is 9.47 Å². The van der Waals surface area contributed by atoms with Crippen LogP contribution >= 0.6 is 0 Å². The molecule has 0 aliphatic carbocycles. The average Bonchev–Trinajstić information content (AvgIpc) is 3.14. The van der Waals surface area contributed by atoms with Gasteiger partial charge >= 0.3 is 17.8 Å². The van der Waals surface area contributed by atoms with Gasteiger partial charge in [-0.3, -0.25) is 14.9 Å². The number of hydrogen-bond donors (Lipinski definition) is 6. The Bertz CT molecular complexity index is 1880. The molecule has 264 valence electrons. The number of aromatic nitrogens is 3. The Labute approximate surface area is 294 Å². The van der Waals surface area contributed by atoms with Gasteiger partial charge in [0.1, 0.15) is 11.6 Å². The molecule has 2 amide bonds. The molecule has 1 aromatic heterocycles. The Hall–Kier alpha value is -6.12. The Morgan fingerprint density at radius 1 is 0.706 bits per heavy atom. The number of nitrogens with one attached hydrogen (secondary N) is 5. The Balaban J connectivity index is 1.12. The summed E-state index contributed by atoms with van der Waals surface area (Å²) >= 11 is 0. The maximum absolute atomic E-state index is 13.5. The molecule has 14 heteroatoms. The van der Waals surface area contributed by atoms with Crippen molar-refractivity contribution in [2.75, 3.05) is 55.5 Å². The van der Waals surface area contributed by atoms with E-state index in [1.807, 2.05) is 18.2 Å². The molecule has 5 aromatic rings. The summed E-state index contributed by atoms with van der Waals surface area (Å²) in [7, 11) is 1.80. The van der Waals surface area contributed by atoms with Crippen LogP contribution in [-0.4, -0.2) is 66.4 Å². The Kier molecular flexibility index (Phi) is 13.2. The SMILES string of the molecule is C[n+]1c(NCCOCCOCCNC(=O)c2ccccc2)nc(Nc2ccc(O)cc2)nc1Nc1ccc(C(=O)NCc2cccc(F)c2)cc1. The molecule has 0 saturated carbocycles. The number of halogens is 1. The predicted octanol–water partition coefficient (Wildman–Crippen LogP) is 4.44. The Morgan fingerprint density at radius 2 is 1.33 bits per heavy atom. The van der Waals surface area contributed by atoms with Crippen LogP contribution in [0.5, 0.6) is 5.75 Å². The lowest BCUT2D eigenvalue weighted by Crippen LogP contribution is -2.39. The zero-order chi connectivity index (χ0) is 35.8. The summed E-state index contributed by atoms with van der Waals surface area (Å²) in [4.78, 5) is 34.0. The number of phenols is 1. The summed E-state index contributed by atoms with van der Waals surface area (Å²) in [5, 5.41) is 25.0. The molecule has 1 heterocycles. The molecule has 0 atom stereocenters. The Morgan fingerprint density at radius 3 is 2.06 bits per heavy atom. The normalized spacial score (nSPS) is 10.7. The maximum atomic E-state index is 13.5. The summed E-state index contributed by atoms with van der Waals surface area (Å²) in [6, 6.07) is 28.5. The first-order valence-corrected chi connectivity index (χ1v) is 16.3. The van der Waals surface area contributed by atoms with Crippen LogP contribution in [0.3, 0.4) is 0 Å². The fraction of sp³-hybridized carbons (Fsp3) is 0.216. The van der Waals surface area contributed by atoms with Crippen LogP contribution in [0.15, 0.2) is 103 Å². The summed E-state index contributed by atoms with van der Waals surface area (Å²) < 4.78 is 26.5. The number of carbonyl (C=O) groups is 2. The maximum Gasteiger partial charge on any atom is 0.329 e. The molecule has 0 aliphatic heterocycles. The van der Waals surface area contributed by atoms with E-state index in [-0.39, 0.29) is 29.9 Å². The molecule has 0 radical (unpaired) electrons. The molecule has 13 nitrogen and oxygen atoms in total. The molecular formula is C37H40FN8O5+. The topological polar surface area (TPSA) is 163 Å². The van der Waals surface area contributed by atoms with E-state index in [1.165, 1.54) is 12.1 Å². The third-order valence-corrected chi connectivity index (χ3v) is 7.40. The molecule has 4 aromatic carbocycles. The number of aromatic hydroxyl groups is 1. The third kappa shape index (κ3) is 11.5. The second-order valence-corrected chi connectivity index (χ2v) is 11.2. The van der Waals surface area contributed by atoms with E-state index in [9.17, 15) is 19.1 Å². The van der Waals surface area contributed by atoms with Gasteiger partial charge in [-0.15, -0.1) is 0 Å². The molecule has 0 bridgehead atoms. The van der Waals surface area contributed by atoms with Gasteiger partial charge in [0.25, 0.3) is 11.8 Å². The summed E-state index contributed by atoms with van der Waals surface area (Å²) in [6.07, 6.45) is 0. The number of nitrogens with zero attached hydrogens (tertiary/aromatic N) is 3. The lowest BCUT2D eigenvalue weighted by atomic mass is 10.1. The largest absolute Gasteiger partial charge is 0.508 e. The van der Waals surface area contributed by atoms with E-state index in [0.29, 0.717) is 85.4 Å². The average molecular weight is 696 g/mol. The minimum absolute atomic E-state index is 0.136. The van der Waals surface area contributed by atoms with Gasteiger partial charge in [-0.2, -0.15) is 0 Å². The lowest BCUT2D eigenvalue weighted by molar-refractivity contribution is -0.647. The standard InChI is InChI=1S/C37H39FN8O5/c1-46-36(40-19-21-51-23-22-50-20-18-39-33(48)27-7-3-2-4-8-27)44-35(42-30-14-16-32(47)17-15-30)45-37(46)43-31-12-10-28(11-13-31)34(49)41-25-26-6-5-9-29(38)24-26/h2-17,24H,18-23,25H2,1H3,(H5,39,40,41,42,43,44,45,47,48,49)/p+1. The van der Waals surface area contributed by atoms with Crippen molar-refractivity contribution in [3.8, 4) is 5.75 Å². The number of ether oxygens (including phenoxy) is 2. The van der Waals surface area contributed by atoms with Crippen LogP contribution in [0.2, 0.25) is 0 Å². The van der Waals surface area contributed by atoms with E-state index < -0.39 is 0 Å². The highest BCUT2D eigenvalue weighted by molar-refractivity contribution is 5.94. The molecule has 0 fully saturated rings. The summed E-state index contributed by atoms with van der Waals surface area (Å²) in [5.41, 5.74) is 3.07. The van der Waals surface area contributed by atoms with Gasteiger partial charge < -0.3 is 35.8 Å². The van der Waals surface area contributed by atoms with Crippen molar-refractivity contribution in [3.63, 3.8) is 0 Å². The van der Waals surface area contributed by atoms with Crippen molar-refractivity contribution in [2.24, 2.45) is 7.05 Å².